The first-order chi connectivity index (χ1) is 10.7. The van der Waals surface area contributed by atoms with E-state index in [9.17, 15) is 0 Å². The molecule has 0 fully saturated rings. The van der Waals surface area contributed by atoms with E-state index < -0.39 is 5.41 Å². The molecule has 0 aromatic heterocycles. The van der Waals surface area contributed by atoms with E-state index in [1.807, 2.05) is 13.8 Å². The maximum atomic E-state index is 6.54. The van der Waals surface area contributed by atoms with Gasteiger partial charge in [-0.3, -0.25) is 0 Å². The molecule has 2 N–H and O–H groups in total. The molecule has 0 amide bonds. The summed E-state index contributed by atoms with van der Waals surface area (Å²) in [7, 11) is 0. The van der Waals surface area contributed by atoms with Crippen molar-refractivity contribution < 1.29 is 0 Å². The minimum atomic E-state index is -0.418. The van der Waals surface area contributed by atoms with Gasteiger partial charge in [0.05, 0.1) is 0 Å². The zero-order valence-corrected chi connectivity index (χ0v) is 15.7. The van der Waals surface area contributed by atoms with E-state index in [1.54, 1.807) is 6.08 Å². The summed E-state index contributed by atoms with van der Waals surface area (Å²) >= 11 is 0. The third-order valence-corrected chi connectivity index (χ3v) is 4.59. The Morgan fingerprint density at radius 1 is 1.17 bits per heavy atom. The molecular weight excluding hydrogens is 278 g/mol. The van der Waals surface area contributed by atoms with Crippen LogP contribution in [-0.2, 0) is 0 Å². The lowest BCUT2D eigenvalue weighted by atomic mass is 9.74. The number of rotatable bonds is 9. The van der Waals surface area contributed by atoms with Crippen LogP contribution in [0.4, 0.5) is 0 Å². The number of terminal acetylenes is 1. The molecule has 0 spiro atoms. The van der Waals surface area contributed by atoms with Gasteiger partial charge in [-0.2, -0.15) is 0 Å². The maximum Gasteiger partial charge on any atom is 0.0422 e. The molecule has 0 aromatic rings. The van der Waals surface area contributed by atoms with E-state index in [1.165, 1.54) is 11.1 Å². The van der Waals surface area contributed by atoms with Crippen molar-refractivity contribution in [2.24, 2.45) is 11.1 Å². The number of hydrogen-bond donors (Lipinski definition) is 1. The van der Waals surface area contributed by atoms with Gasteiger partial charge in [0, 0.05) is 22.3 Å². The minimum absolute atomic E-state index is 0.418. The number of allylic oxidation sites excluding steroid dienone is 6. The van der Waals surface area contributed by atoms with Crippen LogP contribution in [0, 0.1) is 17.8 Å². The molecule has 0 saturated carbocycles. The van der Waals surface area contributed by atoms with Crippen molar-refractivity contribution in [1.29, 1.82) is 0 Å². The quantitative estimate of drug-likeness (QED) is 0.405. The molecule has 0 aliphatic heterocycles. The van der Waals surface area contributed by atoms with Gasteiger partial charge in [-0.05, 0) is 30.4 Å². The van der Waals surface area contributed by atoms with Crippen LogP contribution >= 0.6 is 0 Å². The van der Waals surface area contributed by atoms with E-state index in [2.05, 4.69) is 46.4 Å². The van der Waals surface area contributed by atoms with Crippen LogP contribution in [0.25, 0.3) is 0 Å². The van der Waals surface area contributed by atoms with Gasteiger partial charge in [-0.15, -0.1) is 6.42 Å². The summed E-state index contributed by atoms with van der Waals surface area (Å²) < 4.78 is 0. The first kappa shape index (κ1) is 21.1. The molecule has 0 aromatic carbocycles. The lowest BCUT2D eigenvalue weighted by Crippen LogP contribution is -2.20. The number of hydrogen-bond acceptors (Lipinski definition) is 1. The largest absolute Gasteiger partial charge is 0.398 e. The SMILES string of the molecule is C#CC(=C)C(C)(C)C(=C)/C(C=C)=C(N)/C(CC)=C(/CC)CCC. The predicted molar refractivity (Wildman–Crippen MR) is 105 cm³/mol. The Bertz CT molecular complexity index is 574. The normalized spacial score (nSPS) is 13.6. The Morgan fingerprint density at radius 3 is 2.09 bits per heavy atom. The molecule has 1 nitrogen and oxygen atoms in total. The molecule has 0 aliphatic rings. The standard InChI is InChI=1S/C22H33N/c1-10-15-18(12-3)20(14-5)21(23)19(13-4)17(7)22(8,9)16(6)11-2/h2,13H,4,6-7,10,12,14-15,23H2,1,3,5,8-9H3/b20-18-,21-19-. The topological polar surface area (TPSA) is 26.0 Å². The summed E-state index contributed by atoms with van der Waals surface area (Å²) in [6.45, 7) is 22.7. The smallest absolute Gasteiger partial charge is 0.0422 e. The Kier molecular flexibility index (Phi) is 8.47. The van der Waals surface area contributed by atoms with Crippen LogP contribution in [0.5, 0.6) is 0 Å². The first-order valence-corrected chi connectivity index (χ1v) is 8.41. The van der Waals surface area contributed by atoms with E-state index >= 15 is 0 Å². The fourth-order valence-electron chi connectivity index (χ4n) is 2.73. The van der Waals surface area contributed by atoms with E-state index in [0.717, 1.165) is 42.5 Å². The molecule has 0 unspecified atom stereocenters. The third-order valence-electron chi connectivity index (χ3n) is 4.59. The Labute approximate surface area is 143 Å². The molecular formula is C22H33N. The highest BCUT2D eigenvalue weighted by Gasteiger charge is 2.27. The zero-order chi connectivity index (χ0) is 18.2. The van der Waals surface area contributed by atoms with Crippen LogP contribution in [0.3, 0.4) is 0 Å². The number of nitrogens with two attached hydrogens (primary N) is 1. The molecule has 0 heterocycles. The molecule has 0 radical (unpaired) electrons. The lowest BCUT2D eigenvalue weighted by Gasteiger charge is -2.29. The van der Waals surface area contributed by atoms with Crippen LogP contribution < -0.4 is 5.73 Å². The Morgan fingerprint density at radius 2 is 1.74 bits per heavy atom. The highest BCUT2D eigenvalue weighted by Crippen LogP contribution is 2.39. The van der Waals surface area contributed by atoms with Crippen molar-refractivity contribution in [3.05, 3.63) is 59.4 Å². The summed E-state index contributed by atoms with van der Waals surface area (Å²) in [5.41, 5.74) is 12.0. The first-order valence-electron chi connectivity index (χ1n) is 8.41. The summed E-state index contributed by atoms with van der Waals surface area (Å²) in [5, 5.41) is 0. The molecule has 0 saturated heterocycles. The van der Waals surface area contributed by atoms with Crippen molar-refractivity contribution >= 4 is 0 Å². The molecule has 0 bridgehead atoms. The lowest BCUT2D eigenvalue weighted by molar-refractivity contribution is 0.569. The second-order valence-corrected chi connectivity index (χ2v) is 6.30. The highest BCUT2D eigenvalue weighted by molar-refractivity contribution is 5.54. The van der Waals surface area contributed by atoms with E-state index in [0.29, 0.717) is 5.57 Å². The Balaban J connectivity index is 6.22. The van der Waals surface area contributed by atoms with Gasteiger partial charge >= 0.3 is 0 Å². The molecule has 126 valence electrons. The third kappa shape index (κ3) is 4.76. The highest BCUT2D eigenvalue weighted by atomic mass is 14.6. The van der Waals surface area contributed by atoms with E-state index in [4.69, 9.17) is 12.2 Å². The van der Waals surface area contributed by atoms with Crippen LogP contribution in [0.15, 0.2) is 59.4 Å². The monoisotopic (exact) mass is 311 g/mol. The zero-order valence-electron chi connectivity index (χ0n) is 15.7. The molecule has 23 heavy (non-hydrogen) atoms. The summed E-state index contributed by atoms with van der Waals surface area (Å²) in [6.07, 6.45) is 11.4. The van der Waals surface area contributed by atoms with Gasteiger partial charge in [0.1, 0.15) is 0 Å². The van der Waals surface area contributed by atoms with Crippen LogP contribution in [-0.4, -0.2) is 0 Å². The van der Waals surface area contributed by atoms with Gasteiger partial charge < -0.3 is 5.73 Å². The second kappa shape index (κ2) is 9.26. The van der Waals surface area contributed by atoms with Crippen molar-refractivity contribution in [1.82, 2.24) is 0 Å². The summed E-state index contributed by atoms with van der Waals surface area (Å²) in [5.74, 6) is 2.64. The molecule has 0 aliphatic carbocycles. The average Bonchev–Trinajstić information content (AvgIpc) is 2.54. The summed E-state index contributed by atoms with van der Waals surface area (Å²) in [6, 6.07) is 0. The fraction of sp³-hybridized carbons (Fsp3) is 0.455. The van der Waals surface area contributed by atoms with Crippen molar-refractivity contribution in [2.45, 2.75) is 60.3 Å². The van der Waals surface area contributed by atoms with Gasteiger partial charge in [-0.25, -0.2) is 0 Å². The van der Waals surface area contributed by atoms with Crippen molar-refractivity contribution in [3.8, 4) is 12.3 Å². The Hall–Kier alpha value is -1.94. The van der Waals surface area contributed by atoms with Gasteiger partial charge in [0.15, 0.2) is 0 Å². The molecule has 0 rings (SSSR count). The predicted octanol–water partition coefficient (Wildman–Crippen LogP) is 6.07. The van der Waals surface area contributed by atoms with Gasteiger partial charge in [0.2, 0.25) is 0 Å². The fourth-order valence-corrected chi connectivity index (χ4v) is 2.73. The van der Waals surface area contributed by atoms with Crippen LogP contribution in [0.2, 0.25) is 0 Å². The maximum absolute atomic E-state index is 6.54. The van der Waals surface area contributed by atoms with Gasteiger partial charge in [-0.1, -0.05) is 78.3 Å². The minimum Gasteiger partial charge on any atom is -0.398 e. The van der Waals surface area contributed by atoms with Crippen LogP contribution in [0.1, 0.15) is 60.3 Å². The summed E-state index contributed by atoms with van der Waals surface area (Å²) in [4.78, 5) is 0. The second-order valence-electron chi connectivity index (χ2n) is 6.30. The van der Waals surface area contributed by atoms with Gasteiger partial charge in [0.25, 0.3) is 0 Å². The van der Waals surface area contributed by atoms with E-state index in [-0.39, 0.29) is 0 Å². The van der Waals surface area contributed by atoms with Crippen molar-refractivity contribution in [3.63, 3.8) is 0 Å². The molecule has 1 heteroatoms. The average molecular weight is 312 g/mol. The van der Waals surface area contributed by atoms with Crippen molar-refractivity contribution in [2.75, 3.05) is 0 Å². The molecule has 0 atom stereocenters.